The van der Waals surface area contributed by atoms with Gasteiger partial charge in [-0.05, 0) is 30.4 Å². The lowest BCUT2D eigenvalue weighted by Crippen LogP contribution is -2.15. The molecule has 0 saturated heterocycles. The van der Waals surface area contributed by atoms with Gasteiger partial charge in [0.25, 0.3) is 0 Å². The predicted molar refractivity (Wildman–Crippen MR) is 78.9 cm³/mol. The Morgan fingerprint density at radius 2 is 2.32 bits per heavy atom. The lowest BCUT2D eigenvalue weighted by atomic mass is 10.3. The first-order chi connectivity index (χ1) is 9.10. The number of nitrogen functional groups attached to an aromatic ring is 1. The zero-order chi connectivity index (χ0) is 13.8. The molecule has 2 rings (SSSR count). The third-order valence-electron chi connectivity index (χ3n) is 2.52. The van der Waals surface area contributed by atoms with E-state index in [0.717, 1.165) is 0 Å². The topological polar surface area (TPSA) is 50.8 Å². The molecule has 19 heavy (non-hydrogen) atoms. The van der Waals surface area contributed by atoms with Gasteiger partial charge in [0.2, 0.25) is 0 Å². The van der Waals surface area contributed by atoms with Gasteiger partial charge in [0.1, 0.15) is 5.76 Å². The minimum absolute atomic E-state index is 0.155. The number of hydrazone groups is 1. The summed E-state index contributed by atoms with van der Waals surface area (Å²) in [5, 5.41) is 6.54. The molecule has 0 fully saturated rings. The molecule has 100 valence electrons. The molecule has 1 aromatic carbocycles. The maximum Gasteiger partial charge on any atom is 0.167 e. The van der Waals surface area contributed by atoms with Gasteiger partial charge in [0.15, 0.2) is 11.6 Å². The Bertz CT molecular complexity index is 569. The van der Waals surface area contributed by atoms with E-state index in [1.54, 1.807) is 29.6 Å². The fourth-order valence-corrected chi connectivity index (χ4v) is 1.81. The van der Waals surface area contributed by atoms with Crippen molar-refractivity contribution in [2.75, 3.05) is 12.3 Å². The summed E-state index contributed by atoms with van der Waals surface area (Å²) in [7, 11) is 2.44. The molecular formula is C13H15FN3OP. The van der Waals surface area contributed by atoms with Gasteiger partial charge in [-0.25, -0.2) is 4.39 Å². The van der Waals surface area contributed by atoms with Crippen molar-refractivity contribution in [1.82, 2.24) is 5.01 Å². The Morgan fingerprint density at radius 3 is 2.95 bits per heavy atom. The number of halogens is 1. The molecule has 0 aromatic heterocycles. The van der Waals surface area contributed by atoms with Crippen LogP contribution >= 0.6 is 9.24 Å². The fourth-order valence-electron chi connectivity index (χ4n) is 1.57. The second-order valence-electron chi connectivity index (χ2n) is 3.93. The first-order valence-electron chi connectivity index (χ1n) is 5.76. The highest BCUT2D eigenvalue weighted by Crippen LogP contribution is 2.23. The van der Waals surface area contributed by atoms with E-state index < -0.39 is 5.82 Å². The van der Waals surface area contributed by atoms with Crippen LogP contribution in [0.25, 0.3) is 0 Å². The van der Waals surface area contributed by atoms with E-state index in [0.29, 0.717) is 23.3 Å². The molecule has 1 atom stereocenters. The van der Waals surface area contributed by atoms with Crippen LogP contribution in [0.1, 0.15) is 6.92 Å². The SMILES string of the molecule is C/C=N\N1C=CC(Oc2cc(P)c(N)cc2F)=CC1. The highest BCUT2D eigenvalue weighted by molar-refractivity contribution is 7.28. The van der Waals surface area contributed by atoms with Crippen LogP contribution in [0.2, 0.25) is 0 Å². The first kappa shape index (κ1) is 13.6. The van der Waals surface area contributed by atoms with Gasteiger partial charge in [0.05, 0.1) is 6.54 Å². The van der Waals surface area contributed by atoms with Crippen LogP contribution in [-0.2, 0) is 0 Å². The van der Waals surface area contributed by atoms with Gasteiger partial charge in [-0.3, -0.25) is 5.01 Å². The van der Waals surface area contributed by atoms with Crippen molar-refractivity contribution < 1.29 is 9.13 Å². The van der Waals surface area contributed by atoms with Crippen LogP contribution in [0, 0.1) is 5.82 Å². The van der Waals surface area contributed by atoms with Gasteiger partial charge in [-0.1, -0.05) is 0 Å². The molecule has 6 heteroatoms. The number of nitrogens with two attached hydrogens (primary N) is 1. The van der Waals surface area contributed by atoms with Crippen molar-refractivity contribution in [3.63, 3.8) is 0 Å². The Labute approximate surface area is 113 Å². The van der Waals surface area contributed by atoms with Crippen LogP contribution < -0.4 is 15.8 Å². The van der Waals surface area contributed by atoms with E-state index in [1.807, 2.05) is 13.0 Å². The maximum absolute atomic E-state index is 13.7. The smallest absolute Gasteiger partial charge is 0.167 e. The van der Waals surface area contributed by atoms with E-state index in [2.05, 4.69) is 14.3 Å². The van der Waals surface area contributed by atoms with Gasteiger partial charge >= 0.3 is 0 Å². The van der Waals surface area contributed by atoms with Crippen LogP contribution in [0.5, 0.6) is 5.75 Å². The van der Waals surface area contributed by atoms with Crippen LogP contribution in [0.4, 0.5) is 10.1 Å². The minimum atomic E-state index is -0.480. The van der Waals surface area contributed by atoms with Gasteiger partial charge in [-0.15, -0.1) is 9.24 Å². The molecule has 0 bridgehead atoms. The number of anilines is 1. The number of allylic oxidation sites excluding steroid dienone is 1. The fraction of sp³-hybridized carbons (Fsp3) is 0.154. The monoisotopic (exact) mass is 279 g/mol. The second-order valence-corrected chi connectivity index (χ2v) is 4.55. The summed E-state index contributed by atoms with van der Waals surface area (Å²) in [6.45, 7) is 2.42. The summed E-state index contributed by atoms with van der Waals surface area (Å²) in [6.07, 6.45) is 7.02. The highest BCUT2D eigenvalue weighted by Gasteiger charge is 2.10. The summed E-state index contributed by atoms with van der Waals surface area (Å²) in [5.41, 5.74) is 5.99. The minimum Gasteiger partial charge on any atom is -0.454 e. The van der Waals surface area contributed by atoms with E-state index in [9.17, 15) is 4.39 Å². The summed E-state index contributed by atoms with van der Waals surface area (Å²) >= 11 is 0. The number of hydrogen-bond donors (Lipinski definition) is 1. The molecule has 1 heterocycles. The number of ether oxygens (including phenoxy) is 1. The lowest BCUT2D eigenvalue weighted by molar-refractivity contribution is 0.381. The number of nitrogens with zero attached hydrogens (tertiary/aromatic N) is 2. The van der Waals surface area contributed by atoms with Gasteiger partial charge in [-0.2, -0.15) is 5.10 Å². The summed E-state index contributed by atoms with van der Waals surface area (Å²) in [5.74, 6) is 0.255. The zero-order valence-corrected chi connectivity index (χ0v) is 11.7. The third kappa shape index (κ3) is 3.32. The summed E-state index contributed by atoms with van der Waals surface area (Å²) in [6, 6.07) is 2.80. The van der Waals surface area contributed by atoms with E-state index >= 15 is 0 Å². The average molecular weight is 279 g/mol. The van der Waals surface area contributed by atoms with E-state index in [4.69, 9.17) is 10.5 Å². The first-order valence-corrected chi connectivity index (χ1v) is 6.34. The lowest BCUT2D eigenvalue weighted by Gasteiger charge is -2.17. The van der Waals surface area contributed by atoms with E-state index in [-0.39, 0.29) is 5.75 Å². The van der Waals surface area contributed by atoms with Crippen molar-refractivity contribution >= 4 is 26.4 Å². The molecule has 1 unspecified atom stereocenters. The molecule has 0 spiro atoms. The average Bonchev–Trinajstić information content (AvgIpc) is 2.38. The molecule has 0 aliphatic carbocycles. The maximum atomic E-state index is 13.7. The normalized spacial score (nSPS) is 14.9. The molecule has 4 nitrogen and oxygen atoms in total. The second kappa shape index (κ2) is 5.85. The molecule has 0 amide bonds. The van der Waals surface area contributed by atoms with Crippen molar-refractivity contribution in [2.24, 2.45) is 5.10 Å². The summed E-state index contributed by atoms with van der Waals surface area (Å²) in [4.78, 5) is 0. The van der Waals surface area contributed by atoms with E-state index in [1.165, 1.54) is 6.07 Å². The van der Waals surface area contributed by atoms with Crippen LogP contribution in [0.15, 0.2) is 41.3 Å². The Morgan fingerprint density at radius 1 is 1.53 bits per heavy atom. The van der Waals surface area contributed by atoms with Crippen molar-refractivity contribution in [2.45, 2.75) is 6.92 Å². The Hall–Kier alpha value is -1.87. The van der Waals surface area contributed by atoms with Crippen molar-refractivity contribution in [3.05, 3.63) is 42.1 Å². The zero-order valence-electron chi connectivity index (χ0n) is 10.5. The van der Waals surface area contributed by atoms with Gasteiger partial charge < -0.3 is 10.5 Å². The number of rotatable bonds is 3. The molecule has 1 aliphatic heterocycles. The number of hydrogen-bond acceptors (Lipinski definition) is 4. The quantitative estimate of drug-likeness (QED) is 0.523. The third-order valence-corrected chi connectivity index (χ3v) is 3.02. The van der Waals surface area contributed by atoms with Gasteiger partial charge in [0, 0.05) is 24.2 Å². The Balaban J connectivity index is 2.11. The molecule has 0 radical (unpaired) electrons. The number of benzene rings is 1. The standard InChI is InChI=1S/C13H15FN3OP/c1-2-16-17-5-3-9(4-6-17)18-12-8-13(19)11(15)7-10(12)14/h2-5,7-8H,6,15,19H2,1H3/b16-2-. The molecular weight excluding hydrogens is 264 g/mol. The molecule has 1 aliphatic rings. The highest BCUT2D eigenvalue weighted by atomic mass is 31.0. The summed E-state index contributed by atoms with van der Waals surface area (Å²) < 4.78 is 19.2. The predicted octanol–water partition coefficient (Wildman–Crippen LogP) is 2.01. The molecule has 0 saturated carbocycles. The van der Waals surface area contributed by atoms with Crippen molar-refractivity contribution in [3.8, 4) is 5.75 Å². The largest absolute Gasteiger partial charge is 0.454 e. The molecule has 2 N–H and O–H groups in total. The van der Waals surface area contributed by atoms with Crippen LogP contribution in [0.3, 0.4) is 0 Å². The van der Waals surface area contributed by atoms with Crippen LogP contribution in [-0.4, -0.2) is 17.8 Å². The molecule has 1 aromatic rings. The van der Waals surface area contributed by atoms with Crippen molar-refractivity contribution in [1.29, 1.82) is 0 Å². The Kier molecular flexibility index (Phi) is 4.17.